The highest BCUT2D eigenvalue weighted by Gasteiger charge is 2.16. The van der Waals surface area contributed by atoms with Crippen LogP contribution in [0.5, 0.6) is 17.2 Å². The zero-order chi connectivity index (χ0) is 35.0. The highest BCUT2D eigenvalue weighted by Crippen LogP contribution is 2.36. The van der Waals surface area contributed by atoms with Crippen LogP contribution in [0.3, 0.4) is 0 Å². The van der Waals surface area contributed by atoms with Gasteiger partial charge < -0.3 is 40.2 Å². The predicted octanol–water partition coefficient (Wildman–Crippen LogP) is 5.23. The van der Waals surface area contributed by atoms with Crippen molar-refractivity contribution in [2.24, 2.45) is 0 Å². The van der Waals surface area contributed by atoms with Crippen LogP contribution >= 0.6 is 11.6 Å². The normalized spacial score (nSPS) is 11.6. The molecule has 49 heavy (non-hydrogen) atoms. The molecular weight excluding hydrogens is 644 g/mol. The molecule has 4 aromatic rings. The van der Waals surface area contributed by atoms with E-state index in [9.17, 15) is 15.5 Å². The van der Waals surface area contributed by atoms with Crippen LogP contribution in [0.2, 0.25) is 5.02 Å². The molecule has 11 heteroatoms. The van der Waals surface area contributed by atoms with Crippen LogP contribution in [-0.4, -0.2) is 65.9 Å². The summed E-state index contributed by atoms with van der Waals surface area (Å²) in [5.41, 5.74) is 7.22. The van der Waals surface area contributed by atoms with Crippen molar-refractivity contribution in [2.45, 2.75) is 52.6 Å². The molecule has 4 rings (SSSR count). The van der Waals surface area contributed by atoms with Gasteiger partial charge >= 0.3 is 0 Å². The van der Waals surface area contributed by atoms with Crippen LogP contribution in [0.1, 0.15) is 46.2 Å². The van der Waals surface area contributed by atoms with Gasteiger partial charge in [0.2, 0.25) is 0 Å². The second-order valence-corrected chi connectivity index (χ2v) is 12.1. The number of nitrogens with zero attached hydrogens (tertiary/aromatic N) is 2. The van der Waals surface area contributed by atoms with Crippen molar-refractivity contribution in [3.8, 4) is 34.4 Å². The maximum atomic E-state index is 9.76. The molecule has 0 aliphatic heterocycles. The highest BCUT2D eigenvalue weighted by molar-refractivity contribution is 6.32. The van der Waals surface area contributed by atoms with Crippen LogP contribution in [0.15, 0.2) is 67.0 Å². The highest BCUT2D eigenvalue weighted by atomic mass is 35.5. The molecule has 1 atom stereocenters. The lowest BCUT2D eigenvalue weighted by Crippen LogP contribution is -2.29. The first-order chi connectivity index (χ1) is 23.8. The number of pyridine rings is 1. The monoisotopic (exact) mass is 688 g/mol. The third-order valence-corrected chi connectivity index (χ3v) is 8.31. The summed E-state index contributed by atoms with van der Waals surface area (Å²) in [4.78, 5) is 4.11. The molecule has 0 aliphatic rings. The lowest BCUT2D eigenvalue weighted by Gasteiger charge is -2.18. The Morgan fingerprint density at radius 1 is 0.837 bits per heavy atom. The Kier molecular flexibility index (Phi) is 15.1. The van der Waals surface area contributed by atoms with Gasteiger partial charge in [0.1, 0.15) is 36.5 Å². The first-order valence-electron chi connectivity index (χ1n) is 16.4. The molecular formula is C38H45ClN4O6. The van der Waals surface area contributed by atoms with Crippen LogP contribution in [0.25, 0.3) is 11.1 Å². The summed E-state index contributed by atoms with van der Waals surface area (Å²) in [5, 5.41) is 43.9. The second kappa shape index (κ2) is 19.7. The number of aromatic nitrogens is 1. The fraction of sp³-hybridized carbons (Fsp3) is 0.368. The van der Waals surface area contributed by atoms with Gasteiger partial charge in [-0.15, -0.1) is 0 Å². The van der Waals surface area contributed by atoms with Gasteiger partial charge in [0.25, 0.3) is 0 Å². The van der Waals surface area contributed by atoms with Crippen molar-refractivity contribution in [2.75, 3.05) is 39.5 Å². The van der Waals surface area contributed by atoms with Crippen molar-refractivity contribution in [3.63, 3.8) is 0 Å². The number of aliphatic hydroxyl groups excluding tert-OH is 3. The minimum absolute atomic E-state index is 0.167. The zero-order valence-corrected chi connectivity index (χ0v) is 28.8. The van der Waals surface area contributed by atoms with E-state index in [0.29, 0.717) is 35.2 Å². The molecule has 0 bridgehead atoms. The molecule has 1 aromatic heterocycles. The third kappa shape index (κ3) is 11.2. The first kappa shape index (κ1) is 37.6. The van der Waals surface area contributed by atoms with Gasteiger partial charge in [-0.3, -0.25) is 4.98 Å². The minimum atomic E-state index is -0.893. The zero-order valence-electron chi connectivity index (χ0n) is 28.0. The Labute approximate surface area is 293 Å². The van der Waals surface area contributed by atoms with Gasteiger partial charge in [0, 0.05) is 49.3 Å². The molecule has 1 unspecified atom stereocenters. The van der Waals surface area contributed by atoms with E-state index in [0.717, 1.165) is 70.6 Å². The number of nitrogens with one attached hydrogen (secondary N) is 2. The molecule has 1 heterocycles. The van der Waals surface area contributed by atoms with Crippen molar-refractivity contribution in [1.29, 1.82) is 5.26 Å². The van der Waals surface area contributed by atoms with E-state index in [4.69, 9.17) is 30.9 Å². The van der Waals surface area contributed by atoms with Crippen molar-refractivity contribution >= 4 is 11.6 Å². The summed E-state index contributed by atoms with van der Waals surface area (Å²) in [5.74, 6) is 1.82. The number of halogens is 1. The van der Waals surface area contributed by atoms with Crippen LogP contribution < -0.4 is 24.8 Å². The average Bonchev–Trinajstić information content (AvgIpc) is 3.11. The molecule has 0 fully saturated rings. The lowest BCUT2D eigenvalue weighted by atomic mass is 9.93. The van der Waals surface area contributed by atoms with Crippen molar-refractivity contribution < 1.29 is 29.5 Å². The largest absolute Gasteiger partial charge is 0.493 e. The van der Waals surface area contributed by atoms with Gasteiger partial charge in [-0.25, -0.2) is 0 Å². The van der Waals surface area contributed by atoms with Gasteiger partial charge in [-0.05, 0) is 85.8 Å². The number of nitriles is 1. The van der Waals surface area contributed by atoms with Crippen LogP contribution in [0, 0.1) is 25.2 Å². The quantitative estimate of drug-likeness (QED) is 0.0782. The topological polar surface area (TPSA) is 149 Å². The van der Waals surface area contributed by atoms with E-state index < -0.39 is 6.10 Å². The lowest BCUT2D eigenvalue weighted by molar-refractivity contribution is 0.0941. The number of hydrogen-bond donors (Lipinski definition) is 5. The Bertz CT molecular complexity index is 1700. The summed E-state index contributed by atoms with van der Waals surface area (Å²) in [6.45, 7) is 7.17. The number of hydrogen-bond acceptors (Lipinski definition) is 10. The molecule has 0 saturated carbocycles. The average molecular weight is 689 g/mol. The molecule has 260 valence electrons. The third-order valence-electron chi connectivity index (χ3n) is 8.01. The second-order valence-electron chi connectivity index (χ2n) is 11.7. The molecule has 0 aliphatic carbocycles. The van der Waals surface area contributed by atoms with Gasteiger partial charge in [-0.1, -0.05) is 41.9 Å². The molecule has 0 saturated heterocycles. The van der Waals surface area contributed by atoms with E-state index in [1.165, 1.54) is 6.20 Å². The molecule has 0 radical (unpaired) electrons. The van der Waals surface area contributed by atoms with Gasteiger partial charge in [0.05, 0.1) is 29.9 Å². The maximum absolute atomic E-state index is 9.76. The predicted molar refractivity (Wildman–Crippen MR) is 190 cm³/mol. The van der Waals surface area contributed by atoms with Gasteiger partial charge in [0.15, 0.2) is 0 Å². The Balaban J connectivity index is 1.49. The van der Waals surface area contributed by atoms with Crippen LogP contribution in [-0.2, 0) is 19.8 Å². The van der Waals surface area contributed by atoms with Gasteiger partial charge in [-0.2, -0.15) is 5.26 Å². The van der Waals surface area contributed by atoms with E-state index in [1.807, 2.05) is 24.3 Å². The fourth-order valence-corrected chi connectivity index (χ4v) is 5.48. The number of ether oxygens (including phenoxy) is 3. The number of aliphatic hydroxyl groups is 3. The molecule has 5 N–H and O–H groups in total. The summed E-state index contributed by atoms with van der Waals surface area (Å²) in [6.07, 6.45) is 3.85. The van der Waals surface area contributed by atoms with E-state index in [1.54, 1.807) is 24.4 Å². The SMILES string of the molecule is Cc1c(COc2cc(OCc3cncc(C#N)c3)c(CNCC(O)CO)cc2Cl)cccc1-c1cccc(OCCCNCCCO)c1C. The molecule has 0 amide bonds. The number of rotatable bonds is 20. The van der Waals surface area contributed by atoms with Crippen molar-refractivity contribution in [3.05, 3.63) is 105 Å². The van der Waals surface area contributed by atoms with E-state index in [-0.39, 0.29) is 33.0 Å². The summed E-state index contributed by atoms with van der Waals surface area (Å²) in [6, 6.07) is 19.6. The Morgan fingerprint density at radius 3 is 2.37 bits per heavy atom. The Morgan fingerprint density at radius 2 is 1.59 bits per heavy atom. The standard InChI is InChI=1S/C38H45ClN4O6/c1-26-30(7-3-8-33(26)34-9-4-10-36(27(34)2)47-14-6-12-41-11-5-13-44)25-49-38-17-37(48-24-29-15-28(18-40)19-42-20-29)31(16-35(38)39)21-43-22-32(46)23-45/h3-4,7-10,15-17,19-20,32,41,43-46H,5-6,11-14,21-25H2,1-2H3. The molecule has 3 aromatic carbocycles. The summed E-state index contributed by atoms with van der Waals surface area (Å²) in [7, 11) is 0. The molecule has 0 spiro atoms. The van der Waals surface area contributed by atoms with E-state index in [2.05, 4.69) is 47.7 Å². The first-order valence-corrected chi connectivity index (χ1v) is 16.8. The fourth-order valence-electron chi connectivity index (χ4n) is 5.24. The summed E-state index contributed by atoms with van der Waals surface area (Å²) < 4.78 is 18.6. The van der Waals surface area contributed by atoms with Crippen LogP contribution in [0.4, 0.5) is 0 Å². The maximum Gasteiger partial charge on any atom is 0.142 e. The van der Waals surface area contributed by atoms with Crippen molar-refractivity contribution in [1.82, 2.24) is 15.6 Å². The summed E-state index contributed by atoms with van der Waals surface area (Å²) >= 11 is 6.71. The molecule has 10 nitrogen and oxygen atoms in total. The minimum Gasteiger partial charge on any atom is -0.493 e. The van der Waals surface area contributed by atoms with E-state index >= 15 is 0 Å². The smallest absolute Gasteiger partial charge is 0.142 e. The Hall–Kier alpha value is -4.21. The number of benzene rings is 3.